The lowest BCUT2D eigenvalue weighted by Gasteiger charge is -2.05. The molecule has 0 saturated carbocycles. The minimum absolute atomic E-state index is 0.160. The summed E-state index contributed by atoms with van der Waals surface area (Å²) >= 11 is 0. The molecule has 1 aliphatic heterocycles. The van der Waals surface area contributed by atoms with E-state index in [1.807, 2.05) is 48.5 Å². The molecule has 1 fully saturated rings. The summed E-state index contributed by atoms with van der Waals surface area (Å²) in [5, 5.41) is 45.7. The third kappa shape index (κ3) is 17.3. The molecule has 0 aliphatic carbocycles. The van der Waals surface area contributed by atoms with E-state index in [1.54, 1.807) is 12.1 Å². The van der Waals surface area contributed by atoms with E-state index in [0.29, 0.717) is 6.42 Å². The van der Waals surface area contributed by atoms with Crippen molar-refractivity contribution in [1.82, 2.24) is 5.32 Å². The number of phenolic OH excluding ortho intramolecular Hbond substituents is 1. The molecule has 0 amide bonds. The second kappa shape index (κ2) is 21.4. The van der Waals surface area contributed by atoms with Gasteiger partial charge in [-0.15, -0.1) is 0 Å². The van der Waals surface area contributed by atoms with E-state index >= 15 is 0 Å². The number of hydrogen-bond donors (Lipinski definition) is 8. The smallest absolute Gasteiger partial charge is 0.320 e. The zero-order valence-corrected chi connectivity index (χ0v) is 24.1. The van der Waals surface area contributed by atoms with Crippen LogP contribution in [0.1, 0.15) is 36.0 Å². The van der Waals surface area contributed by atoms with Gasteiger partial charge in [0.1, 0.15) is 23.9 Å². The molecular weight excluding hydrogens is 554 g/mol. The molecule has 0 bridgehead atoms. The Morgan fingerprint density at radius 2 is 1.21 bits per heavy atom. The molecule has 0 radical (unpaired) electrons. The number of carbonyl (C=O) groups is 3. The lowest BCUT2D eigenvalue weighted by Crippen LogP contribution is -2.32. The van der Waals surface area contributed by atoms with Crippen molar-refractivity contribution in [3.05, 3.63) is 102 Å². The maximum Gasteiger partial charge on any atom is 0.320 e. The Bertz CT molecular complexity index is 1190. The molecule has 1 heterocycles. The number of aromatic hydroxyl groups is 1. The molecule has 4 rings (SSSR count). The predicted molar refractivity (Wildman–Crippen MR) is 164 cm³/mol. The predicted octanol–water partition coefficient (Wildman–Crippen LogP) is 2.42. The lowest BCUT2D eigenvalue weighted by molar-refractivity contribution is -0.139. The number of aliphatic hydroxyl groups is 1. The molecule has 234 valence electrons. The van der Waals surface area contributed by atoms with Crippen LogP contribution in [0.3, 0.4) is 0 Å². The van der Waals surface area contributed by atoms with Crippen molar-refractivity contribution in [1.29, 1.82) is 0 Å². The molecule has 2 unspecified atom stereocenters. The summed E-state index contributed by atoms with van der Waals surface area (Å²) in [7, 11) is 0. The number of nitrogens with one attached hydrogen (secondary N) is 1. The van der Waals surface area contributed by atoms with Crippen LogP contribution in [-0.2, 0) is 33.6 Å². The fourth-order valence-corrected chi connectivity index (χ4v) is 3.75. The van der Waals surface area contributed by atoms with Crippen LogP contribution in [0, 0.1) is 0 Å². The van der Waals surface area contributed by atoms with Gasteiger partial charge in [-0.3, -0.25) is 14.4 Å². The summed E-state index contributed by atoms with van der Waals surface area (Å²) in [6.07, 6.45) is 4.29. The zero-order valence-electron chi connectivity index (χ0n) is 24.1. The molecular formula is C32H43N3O8. The minimum Gasteiger partial charge on any atom is -0.508 e. The van der Waals surface area contributed by atoms with Crippen LogP contribution in [0.2, 0.25) is 0 Å². The Hall–Kier alpha value is -4.29. The van der Waals surface area contributed by atoms with Gasteiger partial charge in [-0.1, -0.05) is 72.8 Å². The molecule has 1 aliphatic rings. The molecule has 43 heavy (non-hydrogen) atoms. The number of carboxylic acids is 3. The quantitative estimate of drug-likeness (QED) is 0.170. The fourth-order valence-electron chi connectivity index (χ4n) is 3.75. The largest absolute Gasteiger partial charge is 0.508 e. The van der Waals surface area contributed by atoms with Crippen LogP contribution in [0.5, 0.6) is 5.75 Å². The molecule has 3 aromatic rings. The lowest BCUT2D eigenvalue weighted by atomic mass is 10.1. The van der Waals surface area contributed by atoms with Crippen molar-refractivity contribution in [3.63, 3.8) is 0 Å². The Balaban J connectivity index is 0.000000291. The topological polar surface area (TPSA) is 216 Å². The SMILES string of the molecule is NC(Cc1ccc(O)cc1)C(=O)O.NC(Cc1ccccc1)C(=O)O.O=C(O)[C@@H]1CCCN1.OCCCc1ccccc1. The second-order valence-corrected chi connectivity index (χ2v) is 9.75. The monoisotopic (exact) mass is 597 g/mol. The summed E-state index contributed by atoms with van der Waals surface area (Å²) in [4.78, 5) is 30.9. The van der Waals surface area contributed by atoms with Crippen molar-refractivity contribution in [2.24, 2.45) is 11.5 Å². The van der Waals surface area contributed by atoms with E-state index in [4.69, 9.17) is 37.0 Å². The molecule has 3 atom stereocenters. The van der Waals surface area contributed by atoms with Gasteiger partial charge in [-0.05, 0) is 73.9 Å². The highest BCUT2D eigenvalue weighted by atomic mass is 16.4. The van der Waals surface area contributed by atoms with Gasteiger partial charge >= 0.3 is 17.9 Å². The highest BCUT2D eigenvalue weighted by molar-refractivity contribution is 5.74. The van der Waals surface area contributed by atoms with Gasteiger partial charge in [0.25, 0.3) is 0 Å². The first kappa shape index (κ1) is 36.7. The van der Waals surface area contributed by atoms with E-state index < -0.39 is 30.0 Å². The highest BCUT2D eigenvalue weighted by Crippen LogP contribution is 2.10. The standard InChI is InChI=1S/C9H11NO3.C9H11NO2.C9H12O.C5H9NO2/c10-8(9(12)13)5-6-1-3-7(11)4-2-6;10-8(9(11)12)6-7-4-2-1-3-5-7;10-8-4-7-9-5-2-1-3-6-9;7-5(8)4-2-1-3-6-4/h1-4,8,11H,5,10H2,(H,12,13);1-5,8H,6,10H2,(H,11,12);1-3,5-6,10H,4,7-8H2;4,6H,1-3H2,(H,7,8)/t;;;4-/m...0/s1. The number of aliphatic carboxylic acids is 3. The van der Waals surface area contributed by atoms with Crippen LogP contribution in [0.15, 0.2) is 84.9 Å². The second-order valence-electron chi connectivity index (χ2n) is 9.75. The Labute approximate surface area is 251 Å². The Morgan fingerprint density at radius 3 is 1.58 bits per heavy atom. The molecule has 1 saturated heterocycles. The molecule has 3 aromatic carbocycles. The summed E-state index contributed by atoms with van der Waals surface area (Å²) < 4.78 is 0. The highest BCUT2D eigenvalue weighted by Gasteiger charge is 2.20. The maximum absolute atomic E-state index is 10.4. The molecule has 11 nitrogen and oxygen atoms in total. The van der Waals surface area contributed by atoms with Crippen LogP contribution >= 0.6 is 0 Å². The van der Waals surface area contributed by atoms with E-state index in [9.17, 15) is 14.4 Å². The van der Waals surface area contributed by atoms with Gasteiger partial charge in [0.15, 0.2) is 0 Å². The minimum atomic E-state index is -1.02. The molecule has 0 spiro atoms. The van der Waals surface area contributed by atoms with Gasteiger partial charge in [0.2, 0.25) is 0 Å². The van der Waals surface area contributed by atoms with Gasteiger partial charge < -0.3 is 42.3 Å². The van der Waals surface area contributed by atoms with Crippen LogP contribution < -0.4 is 16.8 Å². The van der Waals surface area contributed by atoms with Gasteiger partial charge in [-0.25, -0.2) is 0 Å². The van der Waals surface area contributed by atoms with Crippen molar-refractivity contribution in [2.75, 3.05) is 13.2 Å². The number of carboxylic acid groups (broad SMARTS) is 3. The summed E-state index contributed by atoms with van der Waals surface area (Å²) in [5.74, 6) is -2.54. The van der Waals surface area contributed by atoms with Gasteiger partial charge in [-0.2, -0.15) is 0 Å². The first-order chi connectivity index (χ1) is 20.5. The number of nitrogens with two attached hydrogens (primary N) is 2. The van der Waals surface area contributed by atoms with Gasteiger partial charge in [0, 0.05) is 6.61 Å². The Morgan fingerprint density at radius 1 is 0.744 bits per heavy atom. The summed E-state index contributed by atoms with van der Waals surface area (Å²) in [6, 6.07) is 23.9. The van der Waals surface area contributed by atoms with E-state index in [1.165, 1.54) is 17.7 Å². The van der Waals surface area contributed by atoms with Gasteiger partial charge in [0.05, 0.1) is 0 Å². The number of rotatable bonds is 10. The third-order valence-corrected chi connectivity index (χ3v) is 6.15. The first-order valence-corrected chi connectivity index (χ1v) is 13.9. The van der Waals surface area contributed by atoms with Crippen molar-refractivity contribution in [3.8, 4) is 5.75 Å². The van der Waals surface area contributed by atoms with E-state index in [0.717, 1.165) is 43.4 Å². The average Bonchev–Trinajstić information content (AvgIpc) is 3.55. The van der Waals surface area contributed by atoms with E-state index in [2.05, 4.69) is 17.4 Å². The number of benzene rings is 3. The van der Waals surface area contributed by atoms with Crippen LogP contribution in [0.25, 0.3) is 0 Å². The number of aryl methyl sites for hydroxylation is 1. The van der Waals surface area contributed by atoms with Crippen molar-refractivity contribution >= 4 is 17.9 Å². The number of phenols is 1. The summed E-state index contributed by atoms with van der Waals surface area (Å²) in [6.45, 7) is 1.14. The van der Waals surface area contributed by atoms with E-state index in [-0.39, 0.29) is 24.8 Å². The average molecular weight is 598 g/mol. The number of aliphatic hydroxyl groups excluding tert-OH is 1. The molecule has 10 N–H and O–H groups in total. The fraction of sp³-hybridized carbons (Fsp3) is 0.344. The van der Waals surface area contributed by atoms with Crippen molar-refractivity contribution < 1.29 is 39.9 Å². The maximum atomic E-state index is 10.4. The molecule has 11 heteroatoms. The normalized spacial score (nSPS) is 14.7. The first-order valence-electron chi connectivity index (χ1n) is 13.9. The van der Waals surface area contributed by atoms with Crippen LogP contribution in [0.4, 0.5) is 0 Å². The zero-order chi connectivity index (χ0) is 32.0. The molecule has 0 aromatic heterocycles. The van der Waals surface area contributed by atoms with Crippen LogP contribution in [-0.4, -0.2) is 74.7 Å². The summed E-state index contributed by atoms with van der Waals surface area (Å²) in [5.41, 5.74) is 13.7. The van der Waals surface area contributed by atoms with Crippen molar-refractivity contribution in [2.45, 2.75) is 56.7 Å². The third-order valence-electron chi connectivity index (χ3n) is 6.15. The Kier molecular flexibility index (Phi) is 18.3. The number of hydrogen-bond acceptors (Lipinski definition) is 8.